The third-order valence-electron chi connectivity index (χ3n) is 3.15. The van der Waals surface area contributed by atoms with Crippen LogP contribution in [0.25, 0.3) is 0 Å². The fraction of sp³-hybridized carbons (Fsp3) is 0.533. The summed E-state index contributed by atoms with van der Waals surface area (Å²) < 4.78 is 10.8. The zero-order valence-electron chi connectivity index (χ0n) is 13.2. The molecule has 0 aliphatic carbocycles. The Kier molecular flexibility index (Phi) is 4.77. The molecule has 2 aromatic rings. The van der Waals surface area contributed by atoms with Gasteiger partial charge in [0.1, 0.15) is 5.76 Å². The Hall–Kier alpha value is -2.11. The van der Waals surface area contributed by atoms with E-state index in [-0.39, 0.29) is 6.04 Å². The molecular formula is C15H22N4O2. The van der Waals surface area contributed by atoms with Crippen LogP contribution in [0.4, 0.5) is 5.95 Å². The van der Waals surface area contributed by atoms with Crippen LogP contribution in [0.15, 0.2) is 10.6 Å². The van der Waals surface area contributed by atoms with Crippen molar-refractivity contribution < 1.29 is 9.26 Å². The molecule has 114 valence electrons. The molecule has 1 unspecified atom stereocenters. The van der Waals surface area contributed by atoms with Gasteiger partial charge in [0.15, 0.2) is 0 Å². The van der Waals surface area contributed by atoms with Gasteiger partial charge in [-0.2, -0.15) is 4.98 Å². The Balaban J connectivity index is 2.17. The number of hydrogen-bond acceptors (Lipinski definition) is 6. The van der Waals surface area contributed by atoms with Crippen molar-refractivity contribution in [3.8, 4) is 5.88 Å². The molecule has 0 aliphatic rings. The average Bonchev–Trinajstić information content (AvgIpc) is 2.75. The van der Waals surface area contributed by atoms with Crippen LogP contribution in [-0.4, -0.2) is 21.7 Å². The van der Waals surface area contributed by atoms with Crippen molar-refractivity contribution in [1.82, 2.24) is 15.1 Å². The van der Waals surface area contributed by atoms with Crippen molar-refractivity contribution >= 4 is 5.95 Å². The molecule has 0 amide bonds. The number of rotatable bonds is 6. The van der Waals surface area contributed by atoms with Gasteiger partial charge >= 0.3 is 0 Å². The Labute approximate surface area is 124 Å². The number of ether oxygens (including phenoxy) is 1. The molecule has 0 aromatic carbocycles. The first-order valence-electron chi connectivity index (χ1n) is 7.19. The van der Waals surface area contributed by atoms with E-state index >= 15 is 0 Å². The number of nitrogens with zero attached hydrogens (tertiary/aromatic N) is 3. The van der Waals surface area contributed by atoms with E-state index in [2.05, 4.69) is 27.4 Å². The van der Waals surface area contributed by atoms with E-state index in [0.29, 0.717) is 18.4 Å². The lowest BCUT2D eigenvalue weighted by Crippen LogP contribution is -2.12. The number of hydrogen-bond donors (Lipinski definition) is 1. The van der Waals surface area contributed by atoms with Gasteiger partial charge in [-0.05, 0) is 34.1 Å². The van der Waals surface area contributed by atoms with E-state index in [0.717, 1.165) is 29.1 Å². The fourth-order valence-corrected chi connectivity index (χ4v) is 2.26. The standard InChI is InChI=1S/C15H22N4O2/c1-6-7-20-13-8-9(2)16-15(18-13)17-10(3)14-11(4)19-21-12(14)5/h8,10H,6-7H2,1-5H3,(H,16,17,18). The highest BCUT2D eigenvalue weighted by Gasteiger charge is 2.17. The second kappa shape index (κ2) is 6.56. The van der Waals surface area contributed by atoms with E-state index in [9.17, 15) is 0 Å². The zero-order valence-corrected chi connectivity index (χ0v) is 13.2. The molecule has 0 spiro atoms. The van der Waals surface area contributed by atoms with Crippen LogP contribution in [0.2, 0.25) is 0 Å². The summed E-state index contributed by atoms with van der Waals surface area (Å²) in [6, 6.07) is 1.85. The van der Waals surface area contributed by atoms with Gasteiger partial charge in [0.05, 0.1) is 18.3 Å². The molecule has 0 aliphatic heterocycles. The van der Waals surface area contributed by atoms with Crippen molar-refractivity contribution in [1.29, 1.82) is 0 Å². The SMILES string of the molecule is CCCOc1cc(C)nc(NC(C)c2c(C)noc2C)n1. The van der Waals surface area contributed by atoms with Crippen molar-refractivity contribution in [3.63, 3.8) is 0 Å². The van der Waals surface area contributed by atoms with E-state index in [1.54, 1.807) is 0 Å². The average molecular weight is 290 g/mol. The molecule has 1 atom stereocenters. The highest BCUT2D eigenvalue weighted by atomic mass is 16.5. The molecule has 6 nitrogen and oxygen atoms in total. The molecule has 0 saturated carbocycles. The lowest BCUT2D eigenvalue weighted by atomic mass is 10.1. The highest BCUT2D eigenvalue weighted by Crippen LogP contribution is 2.24. The quantitative estimate of drug-likeness (QED) is 0.879. The van der Waals surface area contributed by atoms with Gasteiger partial charge in [-0.1, -0.05) is 12.1 Å². The summed E-state index contributed by atoms with van der Waals surface area (Å²) in [5, 5.41) is 7.26. The Morgan fingerprint density at radius 2 is 2.05 bits per heavy atom. The number of anilines is 1. The van der Waals surface area contributed by atoms with Crippen molar-refractivity contribution in [2.75, 3.05) is 11.9 Å². The van der Waals surface area contributed by atoms with Crippen molar-refractivity contribution in [3.05, 3.63) is 28.8 Å². The number of aryl methyl sites for hydroxylation is 3. The fourth-order valence-electron chi connectivity index (χ4n) is 2.26. The summed E-state index contributed by atoms with van der Waals surface area (Å²) in [6.07, 6.45) is 0.946. The Morgan fingerprint density at radius 1 is 1.29 bits per heavy atom. The maximum absolute atomic E-state index is 5.57. The molecule has 0 bridgehead atoms. The van der Waals surface area contributed by atoms with Crippen molar-refractivity contribution in [2.24, 2.45) is 0 Å². The van der Waals surface area contributed by atoms with Crippen LogP contribution in [0.1, 0.15) is 49.0 Å². The van der Waals surface area contributed by atoms with E-state index < -0.39 is 0 Å². The molecule has 2 rings (SSSR count). The predicted molar refractivity (Wildman–Crippen MR) is 80.6 cm³/mol. The Morgan fingerprint density at radius 3 is 2.67 bits per heavy atom. The highest BCUT2D eigenvalue weighted by molar-refractivity contribution is 5.36. The normalized spacial score (nSPS) is 12.2. The summed E-state index contributed by atoms with van der Waals surface area (Å²) >= 11 is 0. The summed E-state index contributed by atoms with van der Waals surface area (Å²) in [4.78, 5) is 8.78. The molecule has 2 aromatic heterocycles. The second-order valence-electron chi connectivity index (χ2n) is 5.12. The third kappa shape index (κ3) is 3.71. The largest absolute Gasteiger partial charge is 0.478 e. The van der Waals surface area contributed by atoms with Gasteiger partial charge in [0, 0.05) is 17.3 Å². The summed E-state index contributed by atoms with van der Waals surface area (Å²) in [5.74, 6) is 1.95. The molecule has 0 radical (unpaired) electrons. The minimum atomic E-state index is 0.0112. The predicted octanol–water partition coefficient (Wildman–Crippen LogP) is 3.35. The van der Waals surface area contributed by atoms with Crippen LogP contribution < -0.4 is 10.1 Å². The van der Waals surface area contributed by atoms with Crippen molar-refractivity contribution in [2.45, 2.75) is 47.1 Å². The lowest BCUT2D eigenvalue weighted by molar-refractivity contribution is 0.305. The molecule has 2 heterocycles. The maximum atomic E-state index is 5.57. The van der Waals surface area contributed by atoms with Crippen LogP contribution >= 0.6 is 0 Å². The monoisotopic (exact) mass is 290 g/mol. The molecule has 0 saturated heterocycles. The van der Waals surface area contributed by atoms with Gasteiger partial charge in [0.25, 0.3) is 0 Å². The minimum Gasteiger partial charge on any atom is -0.478 e. The van der Waals surface area contributed by atoms with E-state index in [1.807, 2.05) is 33.8 Å². The first-order valence-corrected chi connectivity index (χ1v) is 7.19. The van der Waals surface area contributed by atoms with Crippen LogP contribution in [0.3, 0.4) is 0 Å². The smallest absolute Gasteiger partial charge is 0.226 e. The topological polar surface area (TPSA) is 73.1 Å². The molecular weight excluding hydrogens is 268 g/mol. The molecule has 0 fully saturated rings. The van der Waals surface area contributed by atoms with Gasteiger partial charge in [-0.3, -0.25) is 0 Å². The maximum Gasteiger partial charge on any atom is 0.226 e. The van der Waals surface area contributed by atoms with Gasteiger partial charge in [-0.15, -0.1) is 0 Å². The summed E-state index contributed by atoms with van der Waals surface area (Å²) in [6.45, 7) is 10.5. The van der Waals surface area contributed by atoms with Crippen LogP contribution in [0, 0.1) is 20.8 Å². The molecule has 1 N–H and O–H groups in total. The van der Waals surface area contributed by atoms with E-state index in [4.69, 9.17) is 9.26 Å². The minimum absolute atomic E-state index is 0.0112. The number of aromatic nitrogens is 3. The molecule has 21 heavy (non-hydrogen) atoms. The summed E-state index contributed by atoms with van der Waals surface area (Å²) in [5.41, 5.74) is 2.78. The second-order valence-corrected chi connectivity index (χ2v) is 5.12. The van der Waals surface area contributed by atoms with Crippen LogP contribution in [0.5, 0.6) is 5.88 Å². The first kappa shape index (κ1) is 15.3. The van der Waals surface area contributed by atoms with E-state index in [1.165, 1.54) is 0 Å². The summed E-state index contributed by atoms with van der Waals surface area (Å²) in [7, 11) is 0. The zero-order chi connectivity index (χ0) is 15.4. The third-order valence-corrected chi connectivity index (χ3v) is 3.15. The first-order chi connectivity index (χ1) is 10.0. The van der Waals surface area contributed by atoms with Gasteiger partial charge in [0.2, 0.25) is 11.8 Å². The Bertz CT molecular complexity index is 590. The lowest BCUT2D eigenvalue weighted by Gasteiger charge is -2.15. The van der Waals surface area contributed by atoms with Crippen LogP contribution in [-0.2, 0) is 0 Å². The molecule has 6 heteroatoms. The van der Waals surface area contributed by atoms with Gasteiger partial charge < -0.3 is 14.6 Å². The van der Waals surface area contributed by atoms with Gasteiger partial charge in [-0.25, -0.2) is 4.98 Å². The number of nitrogens with one attached hydrogen (secondary N) is 1.